The van der Waals surface area contributed by atoms with Gasteiger partial charge in [-0.3, -0.25) is 0 Å². The molecular weight excluding hydrogens is 232 g/mol. The molecule has 0 saturated carbocycles. The second-order valence-electron chi connectivity index (χ2n) is 4.53. The molecule has 0 unspecified atom stereocenters. The van der Waals surface area contributed by atoms with Crippen molar-refractivity contribution in [2.45, 2.75) is 32.2 Å². The van der Waals surface area contributed by atoms with Gasteiger partial charge >= 0.3 is 0 Å². The van der Waals surface area contributed by atoms with Crippen molar-refractivity contribution >= 4 is 11.6 Å². The molecule has 1 aromatic carbocycles. The fourth-order valence-corrected chi connectivity index (χ4v) is 2.07. The molecule has 0 atom stereocenters. The molecule has 0 radical (unpaired) electrons. The van der Waals surface area contributed by atoms with E-state index in [0.29, 0.717) is 0 Å². The Morgan fingerprint density at radius 3 is 2.53 bits per heavy atom. The highest BCUT2D eigenvalue weighted by Crippen LogP contribution is 2.16. The zero-order valence-electron chi connectivity index (χ0n) is 10.7. The summed E-state index contributed by atoms with van der Waals surface area (Å²) in [6.45, 7) is 2.86. The van der Waals surface area contributed by atoms with E-state index >= 15 is 0 Å². The van der Waals surface area contributed by atoms with Gasteiger partial charge < -0.3 is 10.6 Å². The molecule has 0 spiro atoms. The van der Waals surface area contributed by atoms with Crippen LogP contribution in [0, 0.1) is 0 Å². The highest BCUT2D eigenvalue weighted by atomic mass is 35.5. The number of halogens is 1. The number of rotatable bonds is 8. The van der Waals surface area contributed by atoms with Crippen LogP contribution in [0.15, 0.2) is 24.3 Å². The van der Waals surface area contributed by atoms with Crippen molar-refractivity contribution in [2.24, 2.45) is 5.73 Å². The minimum Gasteiger partial charge on any atom is -0.330 e. The second-order valence-corrected chi connectivity index (χ2v) is 4.94. The van der Waals surface area contributed by atoms with Gasteiger partial charge in [-0.15, -0.1) is 0 Å². The summed E-state index contributed by atoms with van der Waals surface area (Å²) in [7, 11) is 2.15. The van der Waals surface area contributed by atoms with Crippen LogP contribution in [-0.4, -0.2) is 25.0 Å². The number of hydrogen-bond donors (Lipinski definition) is 1. The van der Waals surface area contributed by atoms with E-state index in [1.54, 1.807) is 0 Å². The molecular formula is C14H23ClN2. The molecule has 1 aromatic rings. The second kappa shape index (κ2) is 8.51. The third kappa shape index (κ3) is 6.06. The summed E-state index contributed by atoms with van der Waals surface area (Å²) in [4.78, 5) is 2.32. The van der Waals surface area contributed by atoms with Crippen molar-refractivity contribution in [3.05, 3.63) is 34.9 Å². The van der Waals surface area contributed by atoms with Crippen LogP contribution in [0.3, 0.4) is 0 Å². The summed E-state index contributed by atoms with van der Waals surface area (Å²) in [6.07, 6.45) is 4.90. The Morgan fingerprint density at radius 2 is 1.82 bits per heavy atom. The van der Waals surface area contributed by atoms with Gasteiger partial charge in [0.2, 0.25) is 0 Å². The van der Waals surface area contributed by atoms with Crippen molar-refractivity contribution in [3.8, 4) is 0 Å². The highest BCUT2D eigenvalue weighted by molar-refractivity contribution is 6.31. The number of nitrogens with two attached hydrogens (primary N) is 1. The average molecular weight is 255 g/mol. The molecule has 96 valence electrons. The molecule has 0 bridgehead atoms. The molecule has 0 saturated heterocycles. The summed E-state index contributed by atoms with van der Waals surface area (Å²) in [5.41, 5.74) is 6.67. The summed E-state index contributed by atoms with van der Waals surface area (Å²) in [5, 5.41) is 0.863. The Hall–Kier alpha value is -0.570. The van der Waals surface area contributed by atoms with E-state index in [0.717, 1.165) is 31.1 Å². The molecule has 1 rings (SSSR count). The lowest BCUT2D eigenvalue weighted by atomic mass is 10.1. The van der Waals surface area contributed by atoms with Gasteiger partial charge in [0, 0.05) is 11.6 Å². The molecule has 17 heavy (non-hydrogen) atoms. The first-order valence-corrected chi connectivity index (χ1v) is 6.74. The summed E-state index contributed by atoms with van der Waals surface area (Å²) in [5.74, 6) is 0. The molecule has 3 heteroatoms. The van der Waals surface area contributed by atoms with Gasteiger partial charge in [0.25, 0.3) is 0 Å². The van der Waals surface area contributed by atoms with Gasteiger partial charge in [0.05, 0.1) is 0 Å². The number of benzene rings is 1. The summed E-state index contributed by atoms with van der Waals surface area (Å²) < 4.78 is 0. The van der Waals surface area contributed by atoms with E-state index in [4.69, 9.17) is 17.3 Å². The predicted molar refractivity (Wildman–Crippen MR) is 75.3 cm³/mol. The molecule has 2 nitrogen and oxygen atoms in total. The predicted octanol–water partition coefficient (Wildman–Crippen LogP) is 3.29. The smallest absolute Gasteiger partial charge is 0.0451 e. The SMILES string of the molecule is CN(CCCCCCN)Cc1ccccc1Cl. The minimum atomic E-state index is 0.815. The fourth-order valence-electron chi connectivity index (χ4n) is 1.88. The Bertz CT molecular complexity index is 315. The van der Waals surface area contributed by atoms with Crippen LogP contribution < -0.4 is 5.73 Å². The largest absolute Gasteiger partial charge is 0.330 e. The molecule has 0 aromatic heterocycles. The molecule has 0 heterocycles. The molecule has 2 N–H and O–H groups in total. The van der Waals surface area contributed by atoms with E-state index in [-0.39, 0.29) is 0 Å². The average Bonchev–Trinajstić information content (AvgIpc) is 2.32. The molecule has 0 aliphatic heterocycles. The normalized spacial score (nSPS) is 11.1. The molecule has 0 aliphatic rings. The van der Waals surface area contributed by atoms with Gasteiger partial charge in [0.1, 0.15) is 0 Å². The van der Waals surface area contributed by atoms with Gasteiger partial charge in [-0.25, -0.2) is 0 Å². The topological polar surface area (TPSA) is 29.3 Å². The minimum absolute atomic E-state index is 0.815. The quantitative estimate of drug-likeness (QED) is 0.722. The van der Waals surface area contributed by atoms with Crippen molar-refractivity contribution in [1.82, 2.24) is 4.90 Å². The number of nitrogens with zero attached hydrogens (tertiary/aromatic N) is 1. The van der Waals surface area contributed by atoms with Crippen LogP contribution in [0.5, 0.6) is 0 Å². The maximum absolute atomic E-state index is 6.13. The van der Waals surface area contributed by atoms with Crippen LogP contribution in [0.2, 0.25) is 5.02 Å². The van der Waals surface area contributed by atoms with Crippen molar-refractivity contribution in [1.29, 1.82) is 0 Å². The first-order chi connectivity index (χ1) is 8.24. The Morgan fingerprint density at radius 1 is 1.12 bits per heavy atom. The van der Waals surface area contributed by atoms with Gasteiger partial charge in [-0.1, -0.05) is 42.6 Å². The number of unbranched alkanes of at least 4 members (excludes halogenated alkanes) is 3. The lowest BCUT2D eigenvalue weighted by Crippen LogP contribution is -2.19. The standard InChI is InChI=1S/C14H23ClN2/c1-17(11-7-3-2-6-10-16)12-13-8-4-5-9-14(13)15/h4-5,8-9H,2-3,6-7,10-12,16H2,1H3. The zero-order valence-corrected chi connectivity index (χ0v) is 11.4. The Labute approximate surface area is 110 Å². The first-order valence-electron chi connectivity index (χ1n) is 6.36. The molecule has 0 aliphatic carbocycles. The maximum Gasteiger partial charge on any atom is 0.0451 e. The van der Waals surface area contributed by atoms with Gasteiger partial charge in [-0.2, -0.15) is 0 Å². The fraction of sp³-hybridized carbons (Fsp3) is 0.571. The van der Waals surface area contributed by atoms with E-state index in [2.05, 4.69) is 18.0 Å². The van der Waals surface area contributed by atoms with Crippen LogP contribution in [0.4, 0.5) is 0 Å². The zero-order chi connectivity index (χ0) is 12.5. The maximum atomic E-state index is 6.13. The summed E-state index contributed by atoms with van der Waals surface area (Å²) in [6, 6.07) is 8.05. The van der Waals surface area contributed by atoms with Crippen LogP contribution >= 0.6 is 11.6 Å². The van der Waals surface area contributed by atoms with Gasteiger partial charge in [0.15, 0.2) is 0 Å². The van der Waals surface area contributed by atoms with Crippen molar-refractivity contribution < 1.29 is 0 Å². The third-order valence-corrected chi connectivity index (χ3v) is 3.26. The van der Waals surface area contributed by atoms with E-state index < -0.39 is 0 Å². The van der Waals surface area contributed by atoms with E-state index in [1.165, 1.54) is 24.8 Å². The third-order valence-electron chi connectivity index (χ3n) is 2.89. The summed E-state index contributed by atoms with van der Waals surface area (Å²) >= 11 is 6.13. The van der Waals surface area contributed by atoms with Crippen molar-refractivity contribution in [3.63, 3.8) is 0 Å². The Balaban J connectivity index is 2.21. The highest BCUT2D eigenvalue weighted by Gasteiger charge is 2.03. The van der Waals surface area contributed by atoms with Crippen molar-refractivity contribution in [2.75, 3.05) is 20.1 Å². The first kappa shape index (κ1) is 14.5. The van der Waals surface area contributed by atoms with Crippen LogP contribution in [-0.2, 0) is 6.54 Å². The lowest BCUT2D eigenvalue weighted by molar-refractivity contribution is 0.317. The monoisotopic (exact) mass is 254 g/mol. The number of hydrogen-bond acceptors (Lipinski definition) is 2. The molecule has 0 fully saturated rings. The van der Waals surface area contributed by atoms with Crippen LogP contribution in [0.1, 0.15) is 31.2 Å². The molecule has 0 amide bonds. The lowest BCUT2D eigenvalue weighted by Gasteiger charge is -2.17. The van der Waals surface area contributed by atoms with E-state index in [9.17, 15) is 0 Å². The Kier molecular flexibility index (Phi) is 7.25. The van der Waals surface area contributed by atoms with E-state index in [1.807, 2.05) is 18.2 Å². The van der Waals surface area contributed by atoms with Gasteiger partial charge in [-0.05, 0) is 44.6 Å². The van der Waals surface area contributed by atoms with Crippen LogP contribution in [0.25, 0.3) is 0 Å².